The summed E-state index contributed by atoms with van der Waals surface area (Å²) < 4.78 is 1.81. The third-order valence-electron chi connectivity index (χ3n) is 7.99. The Hall–Kier alpha value is -3.82. The summed E-state index contributed by atoms with van der Waals surface area (Å²) in [4.78, 5) is 42.5. The van der Waals surface area contributed by atoms with Gasteiger partial charge >= 0.3 is 0 Å². The van der Waals surface area contributed by atoms with Crippen molar-refractivity contribution in [3.8, 4) is 5.69 Å². The van der Waals surface area contributed by atoms with Gasteiger partial charge in [0.2, 0.25) is 11.4 Å². The van der Waals surface area contributed by atoms with E-state index in [1.54, 1.807) is 10.8 Å². The molecule has 3 heterocycles. The van der Waals surface area contributed by atoms with E-state index in [9.17, 15) is 9.59 Å². The summed E-state index contributed by atoms with van der Waals surface area (Å²) in [5.41, 5.74) is 6.76. The van der Waals surface area contributed by atoms with Gasteiger partial charge in [0.15, 0.2) is 5.65 Å². The number of amides is 1. The van der Waals surface area contributed by atoms with E-state index >= 15 is 0 Å². The molecule has 1 aliphatic heterocycles. The summed E-state index contributed by atoms with van der Waals surface area (Å²) >= 11 is 0. The zero-order valence-corrected chi connectivity index (χ0v) is 22.3. The Bertz CT molecular complexity index is 1520. The number of benzene rings is 1. The van der Waals surface area contributed by atoms with Crippen molar-refractivity contribution in [3.63, 3.8) is 0 Å². The molecule has 6 rings (SSSR count). The highest BCUT2D eigenvalue weighted by Crippen LogP contribution is 2.27. The van der Waals surface area contributed by atoms with E-state index in [2.05, 4.69) is 51.0 Å². The van der Waals surface area contributed by atoms with Crippen molar-refractivity contribution in [1.82, 2.24) is 24.9 Å². The first-order valence-corrected chi connectivity index (χ1v) is 13.8. The molecule has 9 heteroatoms. The molecular formula is C30H34N6O3. The number of pyridine rings is 1. The number of aromatic nitrogens is 3. The molecule has 2 aromatic heterocycles. The van der Waals surface area contributed by atoms with E-state index in [0.717, 1.165) is 50.0 Å². The lowest BCUT2D eigenvalue weighted by molar-refractivity contribution is 0.0536. The predicted octanol–water partition coefficient (Wildman–Crippen LogP) is 3.92. The Labute approximate surface area is 227 Å². The van der Waals surface area contributed by atoms with Crippen LogP contribution >= 0.6 is 0 Å². The highest BCUT2D eigenvalue weighted by Gasteiger charge is 2.21. The van der Waals surface area contributed by atoms with E-state index in [-0.39, 0.29) is 10.9 Å². The van der Waals surface area contributed by atoms with Gasteiger partial charge in [-0.3, -0.25) is 14.4 Å². The molecule has 9 nitrogen and oxygen atoms in total. The van der Waals surface area contributed by atoms with Crippen LogP contribution in [0.2, 0.25) is 0 Å². The number of carbonyl (C=O) groups is 1. The first-order valence-electron chi connectivity index (χ1n) is 13.8. The van der Waals surface area contributed by atoms with Crippen LogP contribution < -0.4 is 16.2 Å². The molecule has 0 radical (unpaired) electrons. The van der Waals surface area contributed by atoms with Gasteiger partial charge in [0, 0.05) is 23.8 Å². The lowest BCUT2D eigenvalue weighted by atomic mass is 9.95. The van der Waals surface area contributed by atoms with Crippen LogP contribution in [-0.4, -0.2) is 52.1 Å². The molecule has 0 bridgehead atoms. The van der Waals surface area contributed by atoms with Crippen LogP contribution in [-0.2, 0) is 17.7 Å². The number of hydrogen-bond donors (Lipinski definition) is 2. The number of aryl methyl sites for hydroxylation is 2. The molecule has 1 aromatic carbocycles. The fraction of sp³-hybridized carbons (Fsp3) is 0.400. The minimum absolute atomic E-state index is 0.0323. The molecule has 1 saturated heterocycles. The number of nitrogens with zero attached hydrogens (tertiary/aromatic N) is 4. The maximum Gasteiger partial charge on any atom is 0.280 e. The highest BCUT2D eigenvalue weighted by atomic mass is 16.6. The predicted molar refractivity (Wildman–Crippen MR) is 151 cm³/mol. The largest absolute Gasteiger partial charge is 0.328 e. The van der Waals surface area contributed by atoms with E-state index in [1.165, 1.54) is 50.4 Å². The summed E-state index contributed by atoms with van der Waals surface area (Å²) in [6.07, 6.45) is 17.3. The summed E-state index contributed by atoms with van der Waals surface area (Å²) in [5.74, 6) is 0.274. The van der Waals surface area contributed by atoms with Crippen LogP contribution in [0.3, 0.4) is 0 Å². The topological polar surface area (TPSA) is 101 Å². The SMILES string of the molecule is CONC(=O)c1cn(-c2ccc3c(c2)CCC3)c2nc(NC3=CC=CC(CCN4CCCC4)C3)ncc2c1=O. The Balaban J connectivity index is 1.31. The second-order valence-corrected chi connectivity index (χ2v) is 10.6. The van der Waals surface area contributed by atoms with Gasteiger partial charge in [-0.1, -0.05) is 18.2 Å². The number of carbonyl (C=O) groups excluding carboxylic acids is 1. The molecule has 0 saturated carbocycles. The molecule has 2 aliphatic carbocycles. The lowest BCUT2D eigenvalue weighted by Gasteiger charge is -2.22. The summed E-state index contributed by atoms with van der Waals surface area (Å²) in [5, 5.41) is 3.66. The van der Waals surface area contributed by atoms with E-state index < -0.39 is 11.3 Å². The molecule has 2 N–H and O–H groups in total. The van der Waals surface area contributed by atoms with Crippen molar-refractivity contribution < 1.29 is 9.63 Å². The Morgan fingerprint density at radius 1 is 1.15 bits per heavy atom. The Kier molecular flexibility index (Phi) is 7.26. The number of anilines is 1. The maximum absolute atomic E-state index is 13.3. The zero-order chi connectivity index (χ0) is 26.8. The lowest BCUT2D eigenvalue weighted by Crippen LogP contribution is -2.29. The third kappa shape index (κ3) is 5.37. The van der Waals surface area contributed by atoms with Crippen LogP contribution in [0.4, 0.5) is 5.95 Å². The number of hydrogen-bond acceptors (Lipinski definition) is 7. The molecule has 39 heavy (non-hydrogen) atoms. The normalized spacial score (nSPS) is 18.8. The quantitative estimate of drug-likeness (QED) is 0.429. The average Bonchev–Trinajstić information content (AvgIpc) is 3.64. The molecule has 0 spiro atoms. The highest BCUT2D eigenvalue weighted by molar-refractivity contribution is 5.96. The smallest absolute Gasteiger partial charge is 0.280 e. The van der Waals surface area contributed by atoms with Crippen molar-refractivity contribution in [2.75, 3.05) is 32.1 Å². The molecular weight excluding hydrogens is 492 g/mol. The minimum Gasteiger partial charge on any atom is -0.328 e. The second-order valence-electron chi connectivity index (χ2n) is 10.6. The number of rotatable bonds is 8. The van der Waals surface area contributed by atoms with Crippen molar-refractivity contribution in [3.05, 3.63) is 81.4 Å². The van der Waals surface area contributed by atoms with Gasteiger partial charge in [-0.15, -0.1) is 0 Å². The van der Waals surface area contributed by atoms with Crippen molar-refractivity contribution in [2.24, 2.45) is 5.92 Å². The number of allylic oxidation sites excluding steroid dienone is 4. The minimum atomic E-state index is -0.611. The van der Waals surface area contributed by atoms with Gasteiger partial charge in [-0.2, -0.15) is 4.98 Å². The number of likely N-dealkylation sites (tertiary alicyclic amines) is 1. The fourth-order valence-electron chi connectivity index (χ4n) is 5.92. The zero-order valence-electron chi connectivity index (χ0n) is 22.3. The van der Waals surface area contributed by atoms with E-state index in [0.29, 0.717) is 17.5 Å². The van der Waals surface area contributed by atoms with E-state index in [4.69, 9.17) is 9.82 Å². The fourth-order valence-corrected chi connectivity index (χ4v) is 5.92. The van der Waals surface area contributed by atoms with Gasteiger partial charge in [-0.05, 0) is 99.8 Å². The first-order chi connectivity index (χ1) is 19.1. The molecule has 1 unspecified atom stereocenters. The Morgan fingerprint density at radius 3 is 2.85 bits per heavy atom. The van der Waals surface area contributed by atoms with Crippen LogP contribution in [0.15, 0.2) is 59.3 Å². The van der Waals surface area contributed by atoms with Crippen molar-refractivity contribution in [1.29, 1.82) is 0 Å². The average molecular weight is 527 g/mol. The van der Waals surface area contributed by atoms with Crippen LogP contribution in [0.1, 0.15) is 53.6 Å². The second kappa shape index (κ2) is 11.1. The maximum atomic E-state index is 13.3. The third-order valence-corrected chi connectivity index (χ3v) is 7.99. The monoisotopic (exact) mass is 526 g/mol. The molecule has 1 amide bonds. The van der Waals surface area contributed by atoms with Gasteiger partial charge in [-0.25, -0.2) is 10.5 Å². The van der Waals surface area contributed by atoms with Gasteiger partial charge in [0.25, 0.3) is 5.91 Å². The molecule has 3 aromatic rings. The summed E-state index contributed by atoms with van der Waals surface area (Å²) in [6, 6.07) is 6.26. The summed E-state index contributed by atoms with van der Waals surface area (Å²) in [7, 11) is 1.34. The van der Waals surface area contributed by atoms with Crippen LogP contribution in [0.5, 0.6) is 0 Å². The molecule has 1 atom stereocenters. The van der Waals surface area contributed by atoms with Gasteiger partial charge in [0.1, 0.15) is 5.56 Å². The Morgan fingerprint density at radius 2 is 2.00 bits per heavy atom. The molecule has 202 valence electrons. The van der Waals surface area contributed by atoms with Gasteiger partial charge < -0.3 is 14.8 Å². The number of fused-ring (bicyclic) bond motifs is 2. The summed E-state index contributed by atoms with van der Waals surface area (Å²) in [6.45, 7) is 3.55. The molecule has 3 aliphatic rings. The first kappa shape index (κ1) is 25.5. The number of hydroxylamine groups is 1. The van der Waals surface area contributed by atoms with E-state index in [1.807, 2.05) is 6.07 Å². The van der Waals surface area contributed by atoms with Gasteiger partial charge in [0.05, 0.1) is 12.5 Å². The number of nitrogens with one attached hydrogen (secondary N) is 2. The van der Waals surface area contributed by atoms with Crippen molar-refractivity contribution >= 4 is 22.9 Å². The van der Waals surface area contributed by atoms with Crippen LogP contribution in [0, 0.1) is 5.92 Å². The standard InChI is InChI=1S/C30H34N6O3/c1-39-34-29(38)26-19-36(24-11-10-21-7-5-8-22(21)17-24)28-25(27(26)37)18-31-30(33-28)32-23-9-4-6-20(16-23)12-15-35-13-2-3-14-35/h4,6,9-11,17-20H,2-3,5,7-8,12-16H2,1H3,(H,34,38)(H,31,32,33). The van der Waals surface area contributed by atoms with Crippen molar-refractivity contribution in [2.45, 2.75) is 44.9 Å². The van der Waals surface area contributed by atoms with Crippen LogP contribution in [0.25, 0.3) is 16.7 Å². The molecule has 1 fully saturated rings.